The van der Waals surface area contributed by atoms with Gasteiger partial charge in [0, 0.05) is 29.0 Å². The average Bonchev–Trinajstić information content (AvgIpc) is 3.00. The number of benzene rings is 2. The molecule has 146 valence electrons. The molecule has 0 fully saturated rings. The lowest BCUT2D eigenvalue weighted by atomic mass is 9.93. The predicted octanol–water partition coefficient (Wildman–Crippen LogP) is 4.91. The quantitative estimate of drug-likeness (QED) is 0.599. The molecule has 0 saturated carbocycles. The van der Waals surface area contributed by atoms with Crippen molar-refractivity contribution >= 4 is 27.4 Å². The van der Waals surface area contributed by atoms with Crippen LogP contribution in [0.4, 0.5) is 0 Å². The van der Waals surface area contributed by atoms with Crippen LogP contribution < -0.4 is 4.74 Å². The summed E-state index contributed by atoms with van der Waals surface area (Å²) in [6, 6.07) is 18.5. The van der Waals surface area contributed by atoms with Gasteiger partial charge in [0.05, 0.1) is 13.2 Å². The molecule has 1 atom stereocenters. The Labute approximate surface area is 177 Å². The fourth-order valence-electron chi connectivity index (χ4n) is 3.56. The third-order valence-corrected chi connectivity index (χ3v) is 5.49. The Bertz CT molecular complexity index is 1050. The van der Waals surface area contributed by atoms with Crippen molar-refractivity contribution in [2.75, 3.05) is 7.11 Å². The monoisotopic (exact) mass is 450 g/mol. The Morgan fingerprint density at radius 1 is 1.10 bits per heavy atom. The molecule has 0 aliphatic carbocycles. The molecule has 5 nitrogen and oxygen atoms in total. The molecular formula is C23H19BrN2O3. The Balaban J connectivity index is 1.80. The molecule has 0 unspecified atom stereocenters. The number of methoxy groups -OCH3 is 1. The Kier molecular flexibility index (Phi) is 5.36. The van der Waals surface area contributed by atoms with Crippen molar-refractivity contribution in [1.29, 1.82) is 0 Å². The summed E-state index contributed by atoms with van der Waals surface area (Å²) >= 11 is 3.46. The number of rotatable bonds is 5. The molecule has 1 aliphatic heterocycles. The molecule has 0 spiro atoms. The van der Waals surface area contributed by atoms with Crippen LogP contribution >= 0.6 is 15.9 Å². The first-order chi connectivity index (χ1) is 14.1. The van der Waals surface area contributed by atoms with Gasteiger partial charge in [0.15, 0.2) is 5.76 Å². The molecule has 0 saturated heterocycles. The van der Waals surface area contributed by atoms with Crippen LogP contribution in [0, 0.1) is 0 Å². The van der Waals surface area contributed by atoms with E-state index in [2.05, 4.69) is 20.9 Å². The highest BCUT2D eigenvalue weighted by Crippen LogP contribution is 2.44. The molecule has 3 aromatic rings. The second kappa shape index (κ2) is 8.09. The van der Waals surface area contributed by atoms with E-state index in [0.717, 1.165) is 21.2 Å². The van der Waals surface area contributed by atoms with Crippen LogP contribution in [0.5, 0.6) is 5.75 Å². The van der Waals surface area contributed by atoms with Crippen molar-refractivity contribution in [3.05, 3.63) is 100.0 Å². The molecule has 2 aromatic carbocycles. The van der Waals surface area contributed by atoms with Crippen molar-refractivity contribution in [2.45, 2.75) is 12.6 Å². The van der Waals surface area contributed by atoms with Gasteiger partial charge in [-0.25, -0.2) is 0 Å². The Hall–Kier alpha value is -3.12. The molecule has 1 aromatic heterocycles. The number of aliphatic hydroxyl groups excluding tert-OH is 1. The largest absolute Gasteiger partial charge is 0.503 e. The van der Waals surface area contributed by atoms with E-state index in [1.54, 1.807) is 24.4 Å². The lowest BCUT2D eigenvalue weighted by Crippen LogP contribution is -2.29. The van der Waals surface area contributed by atoms with E-state index in [1.165, 1.54) is 0 Å². The van der Waals surface area contributed by atoms with Crippen LogP contribution in [0.1, 0.15) is 22.7 Å². The molecule has 1 amide bonds. The van der Waals surface area contributed by atoms with Crippen LogP contribution in [0.2, 0.25) is 0 Å². The highest BCUT2D eigenvalue weighted by Gasteiger charge is 2.41. The molecule has 2 heterocycles. The number of nitrogens with zero attached hydrogens (tertiary/aromatic N) is 2. The van der Waals surface area contributed by atoms with Crippen molar-refractivity contribution in [2.24, 2.45) is 0 Å². The van der Waals surface area contributed by atoms with E-state index in [0.29, 0.717) is 17.9 Å². The molecule has 29 heavy (non-hydrogen) atoms. The number of aromatic nitrogens is 1. The maximum Gasteiger partial charge on any atom is 0.290 e. The van der Waals surface area contributed by atoms with Crippen molar-refractivity contribution in [1.82, 2.24) is 9.88 Å². The van der Waals surface area contributed by atoms with Gasteiger partial charge >= 0.3 is 0 Å². The third-order valence-electron chi connectivity index (χ3n) is 4.97. The van der Waals surface area contributed by atoms with Crippen LogP contribution in [-0.2, 0) is 11.3 Å². The minimum Gasteiger partial charge on any atom is -0.503 e. The number of hydrogen-bond acceptors (Lipinski definition) is 4. The Morgan fingerprint density at radius 3 is 2.45 bits per heavy atom. The number of carbonyl (C=O) groups excluding carboxylic acids is 1. The van der Waals surface area contributed by atoms with Gasteiger partial charge in [-0.15, -0.1) is 0 Å². The normalized spacial score (nSPS) is 16.4. The zero-order valence-electron chi connectivity index (χ0n) is 15.7. The van der Waals surface area contributed by atoms with Gasteiger partial charge in [-0.1, -0.05) is 46.3 Å². The maximum absolute atomic E-state index is 13.0. The third kappa shape index (κ3) is 3.76. The van der Waals surface area contributed by atoms with Crippen LogP contribution in [0.3, 0.4) is 0 Å². The van der Waals surface area contributed by atoms with Gasteiger partial charge in [0.1, 0.15) is 5.75 Å². The molecule has 1 N–H and O–H groups in total. The van der Waals surface area contributed by atoms with E-state index >= 15 is 0 Å². The van der Waals surface area contributed by atoms with E-state index < -0.39 is 11.9 Å². The maximum atomic E-state index is 13.0. The van der Waals surface area contributed by atoms with E-state index in [4.69, 9.17) is 4.74 Å². The summed E-state index contributed by atoms with van der Waals surface area (Å²) in [5.74, 6) is 0.0881. The highest BCUT2D eigenvalue weighted by atomic mass is 79.9. The first-order valence-corrected chi connectivity index (χ1v) is 9.90. The smallest absolute Gasteiger partial charge is 0.290 e. The standard InChI is InChI=1S/C23H19BrN2O3/c1-29-19-10-6-16(7-11-19)20-21(17-4-8-18(24)9-5-17)26(23(28)22(20)27)14-15-3-2-12-25-13-15/h2-13,21,27H,14H2,1H3/t21-/m1/s1. The van der Waals surface area contributed by atoms with Crippen molar-refractivity contribution in [3.8, 4) is 5.75 Å². The number of amides is 1. The zero-order valence-corrected chi connectivity index (χ0v) is 17.3. The number of aliphatic hydroxyl groups is 1. The van der Waals surface area contributed by atoms with Gasteiger partial charge in [-0.3, -0.25) is 9.78 Å². The summed E-state index contributed by atoms with van der Waals surface area (Å²) in [5.41, 5.74) is 3.18. The summed E-state index contributed by atoms with van der Waals surface area (Å²) in [6.07, 6.45) is 3.42. The molecule has 0 radical (unpaired) electrons. The number of halogens is 1. The zero-order chi connectivity index (χ0) is 20.4. The molecular weight excluding hydrogens is 432 g/mol. The van der Waals surface area contributed by atoms with E-state index in [1.807, 2.05) is 60.7 Å². The lowest BCUT2D eigenvalue weighted by molar-refractivity contribution is -0.130. The molecule has 1 aliphatic rings. The molecule has 4 rings (SSSR count). The van der Waals surface area contributed by atoms with E-state index in [9.17, 15) is 9.90 Å². The number of carbonyl (C=O) groups is 1. The van der Waals surface area contributed by atoms with Gasteiger partial charge in [0.2, 0.25) is 0 Å². The predicted molar refractivity (Wildman–Crippen MR) is 114 cm³/mol. The Morgan fingerprint density at radius 2 is 1.83 bits per heavy atom. The summed E-state index contributed by atoms with van der Waals surface area (Å²) in [4.78, 5) is 18.8. The van der Waals surface area contributed by atoms with Gasteiger partial charge in [-0.05, 0) is 47.0 Å². The number of pyridine rings is 1. The molecule has 6 heteroatoms. The molecule has 0 bridgehead atoms. The second-order valence-electron chi connectivity index (χ2n) is 6.74. The van der Waals surface area contributed by atoms with Crippen LogP contribution in [0.15, 0.2) is 83.3 Å². The summed E-state index contributed by atoms with van der Waals surface area (Å²) in [7, 11) is 1.60. The summed E-state index contributed by atoms with van der Waals surface area (Å²) in [6.45, 7) is 0.344. The second-order valence-corrected chi connectivity index (χ2v) is 7.65. The fraction of sp³-hybridized carbons (Fsp3) is 0.130. The first-order valence-electron chi connectivity index (χ1n) is 9.11. The number of hydrogen-bond donors (Lipinski definition) is 1. The summed E-state index contributed by atoms with van der Waals surface area (Å²) in [5, 5.41) is 10.8. The lowest BCUT2D eigenvalue weighted by Gasteiger charge is -2.27. The van der Waals surface area contributed by atoms with Crippen LogP contribution in [0.25, 0.3) is 5.57 Å². The van der Waals surface area contributed by atoms with E-state index in [-0.39, 0.29) is 5.76 Å². The minimum atomic E-state index is -0.413. The highest BCUT2D eigenvalue weighted by molar-refractivity contribution is 9.10. The topological polar surface area (TPSA) is 62.7 Å². The SMILES string of the molecule is COc1ccc(C2=C(O)C(=O)N(Cc3cccnc3)[C@@H]2c2ccc(Br)cc2)cc1. The summed E-state index contributed by atoms with van der Waals surface area (Å²) < 4.78 is 6.18. The minimum absolute atomic E-state index is 0.230. The van der Waals surface area contributed by atoms with Gasteiger partial charge < -0.3 is 14.7 Å². The average molecular weight is 451 g/mol. The van der Waals surface area contributed by atoms with Crippen LogP contribution in [-0.4, -0.2) is 28.0 Å². The fourth-order valence-corrected chi connectivity index (χ4v) is 3.83. The van der Waals surface area contributed by atoms with Crippen molar-refractivity contribution < 1.29 is 14.6 Å². The van der Waals surface area contributed by atoms with Gasteiger partial charge in [-0.2, -0.15) is 0 Å². The van der Waals surface area contributed by atoms with Gasteiger partial charge in [0.25, 0.3) is 5.91 Å². The number of ether oxygens (including phenoxy) is 1. The first kappa shape index (κ1) is 19.2. The van der Waals surface area contributed by atoms with Crippen molar-refractivity contribution in [3.63, 3.8) is 0 Å².